The van der Waals surface area contributed by atoms with Crippen LogP contribution in [0.2, 0.25) is 0 Å². The Hall–Kier alpha value is -3.68. The number of hydrogen-bond acceptors (Lipinski definition) is 9. The van der Waals surface area contributed by atoms with Gasteiger partial charge in [0.1, 0.15) is 18.5 Å². The minimum absolute atomic E-state index is 0.00909. The summed E-state index contributed by atoms with van der Waals surface area (Å²) in [5.74, 6) is 2.27. The van der Waals surface area contributed by atoms with Gasteiger partial charge in [-0.15, -0.1) is 4.31 Å². The van der Waals surface area contributed by atoms with Crippen molar-refractivity contribution in [3.8, 4) is 17.2 Å². The summed E-state index contributed by atoms with van der Waals surface area (Å²) >= 11 is 0. The molecule has 1 amide bonds. The topological polar surface area (TPSA) is 125 Å². The van der Waals surface area contributed by atoms with Gasteiger partial charge in [-0.25, -0.2) is 4.79 Å². The molecule has 3 aromatic rings. The summed E-state index contributed by atoms with van der Waals surface area (Å²) in [5, 5.41) is 14.8. The molecule has 262 valence electrons. The second kappa shape index (κ2) is 15.9. The number of nitrogens with zero attached hydrogens (tertiary/aromatic N) is 1. The molecule has 3 unspecified atom stereocenters. The molecule has 11 nitrogen and oxygen atoms in total. The summed E-state index contributed by atoms with van der Waals surface area (Å²) < 4.78 is 50.0. The minimum atomic E-state index is -2.05. The van der Waals surface area contributed by atoms with Gasteiger partial charge in [0.05, 0.1) is 37.8 Å². The zero-order valence-electron chi connectivity index (χ0n) is 27.5. The molecule has 3 heterocycles. The van der Waals surface area contributed by atoms with Crippen molar-refractivity contribution in [1.82, 2.24) is 9.62 Å². The fourth-order valence-corrected chi connectivity index (χ4v) is 8.55. The molecular weight excluding hydrogens is 648 g/mol. The summed E-state index contributed by atoms with van der Waals surface area (Å²) in [5.41, 5.74) is 1.97. The lowest BCUT2D eigenvalue weighted by Gasteiger charge is -2.28. The third kappa shape index (κ3) is 8.56. The maximum atomic E-state index is 14.1. The largest absolute Gasteiger partial charge is 0.489 e. The number of thiol groups is 1. The fraction of sp³-hybridized carbons (Fsp3) is 0.486. The first-order valence-electron chi connectivity index (χ1n) is 17.2. The average Bonchev–Trinajstić information content (AvgIpc) is 3.95. The maximum Gasteiger partial charge on any atom is 0.407 e. The molecule has 2 N–H and O–H groups in total. The highest BCUT2D eigenvalue weighted by molar-refractivity contribution is 7.82. The molecule has 0 spiro atoms. The Labute approximate surface area is 289 Å². The molecule has 3 fully saturated rings. The van der Waals surface area contributed by atoms with Crippen LogP contribution in [0.1, 0.15) is 43.2 Å². The van der Waals surface area contributed by atoms with Crippen LogP contribution in [0.4, 0.5) is 4.79 Å². The lowest BCUT2D eigenvalue weighted by Crippen LogP contribution is -2.51. The number of benzene rings is 3. The van der Waals surface area contributed by atoms with Gasteiger partial charge in [-0.3, -0.25) is 0 Å². The van der Waals surface area contributed by atoms with E-state index in [9.17, 15) is 14.1 Å². The third-order valence-corrected chi connectivity index (χ3v) is 11.4. The van der Waals surface area contributed by atoms with Gasteiger partial charge < -0.3 is 38.8 Å². The molecule has 2 saturated heterocycles. The summed E-state index contributed by atoms with van der Waals surface area (Å²) in [7, 11) is -2.05. The van der Waals surface area contributed by atoms with Gasteiger partial charge in [-0.2, -0.15) is 0 Å². The second-order valence-corrected chi connectivity index (χ2v) is 14.9. The molecule has 1 saturated carbocycles. The van der Waals surface area contributed by atoms with E-state index >= 15 is 0 Å². The van der Waals surface area contributed by atoms with E-state index in [2.05, 4.69) is 5.32 Å². The standard InChI is InChI=1S/C37H44N2O9S/c40-32(21-39(20-26-6-4-5-7-26)49(42)29-14-15-33-34(19-29)47-24-46-33)31(38-37(41)48-35-23-45-36-30(35)16-17-43-36)18-25-10-12-28(13-11-25)44-22-27-8-2-1-3-9-27/h1-3,8-15,19,26,30-32,35-36,40H,4-7,16-18,20-24H2,(H,38,41)/p+1/t30?,31-,32+,35-,36?,49?/m0/s1. The van der Waals surface area contributed by atoms with Crippen molar-refractivity contribution < 1.29 is 42.5 Å². The Balaban J connectivity index is 1.06. The lowest BCUT2D eigenvalue weighted by molar-refractivity contribution is -0.0907. The highest BCUT2D eigenvalue weighted by Crippen LogP contribution is 2.35. The fourth-order valence-electron chi connectivity index (χ4n) is 7.09. The van der Waals surface area contributed by atoms with Crippen LogP contribution >= 0.6 is 0 Å². The number of nitrogens with one attached hydrogen (secondary N) is 1. The number of carbonyl (C=O) groups excluding carboxylic acids is 1. The van der Waals surface area contributed by atoms with Crippen molar-refractivity contribution in [3.05, 3.63) is 83.9 Å². The zero-order valence-corrected chi connectivity index (χ0v) is 28.4. The quantitative estimate of drug-likeness (QED) is 0.179. The van der Waals surface area contributed by atoms with Crippen LogP contribution in [-0.4, -0.2) is 73.1 Å². The number of aliphatic hydroxyl groups is 1. The van der Waals surface area contributed by atoms with E-state index in [1.807, 2.05) is 58.9 Å². The van der Waals surface area contributed by atoms with E-state index in [0.717, 1.165) is 49.0 Å². The summed E-state index contributed by atoms with van der Waals surface area (Å²) in [6, 6.07) is 22.2. The van der Waals surface area contributed by atoms with Crippen LogP contribution < -0.4 is 19.5 Å². The van der Waals surface area contributed by atoms with Crippen LogP contribution in [0.15, 0.2) is 77.7 Å². The average molecular weight is 694 g/mol. The van der Waals surface area contributed by atoms with Gasteiger partial charge in [-0.1, -0.05) is 59.5 Å². The van der Waals surface area contributed by atoms with Crippen LogP contribution in [0, 0.1) is 11.8 Å². The number of aliphatic hydroxyl groups excluding tert-OH is 1. The predicted octanol–water partition coefficient (Wildman–Crippen LogP) is 4.92. The Kier molecular flexibility index (Phi) is 11.0. The summed E-state index contributed by atoms with van der Waals surface area (Å²) in [6.07, 6.45) is 3.01. The molecule has 0 aromatic heterocycles. The van der Waals surface area contributed by atoms with Gasteiger partial charge >= 0.3 is 6.09 Å². The summed E-state index contributed by atoms with van der Waals surface area (Å²) in [4.78, 5) is 13.9. The Morgan fingerprint density at radius 2 is 1.76 bits per heavy atom. The van der Waals surface area contributed by atoms with E-state index in [1.54, 1.807) is 18.2 Å². The molecular formula is C37H45N2O9S+. The first kappa shape index (κ1) is 33.8. The molecule has 1 aliphatic carbocycles. The molecule has 3 aliphatic heterocycles. The van der Waals surface area contributed by atoms with E-state index in [0.29, 0.717) is 48.5 Å². The van der Waals surface area contributed by atoms with E-state index in [1.165, 1.54) is 0 Å². The number of carbonyl (C=O) groups is 1. The van der Waals surface area contributed by atoms with Gasteiger partial charge in [0, 0.05) is 12.6 Å². The van der Waals surface area contributed by atoms with Crippen LogP contribution in [0.5, 0.6) is 17.2 Å². The van der Waals surface area contributed by atoms with Crippen molar-refractivity contribution in [2.75, 3.05) is 33.1 Å². The lowest BCUT2D eigenvalue weighted by atomic mass is 10.0. The molecule has 6 atom stereocenters. The first-order chi connectivity index (χ1) is 24.0. The Morgan fingerprint density at radius 3 is 2.57 bits per heavy atom. The molecule has 49 heavy (non-hydrogen) atoms. The normalized spacial score (nSPS) is 23.3. The van der Waals surface area contributed by atoms with Crippen LogP contribution in [0.3, 0.4) is 0 Å². The second-order valence-electron chi connectivity index (χ2n) is 13.2. The van der Waals surface area contributed by atoms with Crippen LogP contribution in [0.25, 0.3) is 0 Å². The Bertz CT molecular complexity index is 1570. The number of hydrogen-bond donors (Lipinski definition) is 2. The summed E-state index contributed by atoms with van der Waals surface area (Å²) in [6.45, 7) is 2.09. The van der Waals surface area contributed by atoms with E-state index in [4.69, 9.17) is 28.4 Å². The van der Waals surface area contributed by atoms with Crippen LogP contribution in [-0.2, 0) is 42.4 Å². The van der Waals surface area contributed by atoms with Crippen molar-refractivity contribution in [1.29, 1.82) is 0 Å². The number of amides is 1. The number of alkyl carbamates (subject to hydrolysis) is 1. The van der Waals surface area contributed by atoms with Gasteiger partial charge in [-0.05, 0) is 67.0 Å². The highest BCUT2D eigenvalue weighted by Gasteiger charge is 2.44. The molecule has 3 aromatic carbocycles. The monoisotopic (exact) mass is 693 g/mol. The van der Waals surface area contributed by atoms with E-state index in [-0.39, 0.29) is 32.2 Å². The maximum absolute atomic E-state index is 14.1. The molecule has 7 rings (SSSR count). The molecule has 12 heteroatoms. The van der Waals surface area contributed by atoms with Gasteiger partial charge in [0.25, 0.3) is 0 Å². The molecule has 4 aliphatic rings. The zero-order chi connectivity index (χ0) is 33.6. The molecule has 0 bridgehead atoms. The minimum Gasteiger partial charge on any atom is -0.489 e. The van der Waals surface area contributed by atoms with Crippen molar-refractivity contribution in [2.24, 2.45) is 11.8 Å². The number of ether oxygens (including phenoxy) is 6. The Morgan fingerprint density at radius 1 is 0.959 bits per heavy atom. The predicted molar refractivity (Wildman–Crippen MR) is 182 cm³/mol. The smallest absolute Gasteiger partial charge is 0.407 e. The van der Waals surface area contributed by atoms with Gasteiger partial charge in [0.2, 0.25) is 6.79 Å². The number of fused-ring (bicyclic) bond motifs is 2. The van der Waals surface area contributed by atoms with Crippen molar-refractivity contribution >= 4 is 17.1 Å². The van der Waals surface area contributed by atoms with Gasteiger partial charge in [0.15, 0.2) is 33.7 Å². The number of rotatable bonds is 14. The van der Waals surface area contributed by atoms with Crippen molar-refractivity contribution in [3.63, 3.8) is 0 Å². The molecule has 0 radical (unpaired) electrons. The highest BCUT2D eigenvalue weighted by atomic mass is 32.2. The van der Waals surface area contributed by atoms with E-state index < -0.39 is 35.3 Å². The third-order valence-electron chi connectivity index (χ3n) is 9.81. The van der Waals surface area contributed by atoms with Crippen molar-refractivity contribution in [2.45, 2.75) is 74.6 Å². The SMILES string of the molecule is O=C(N[C@@H](Cc1ccc(OCc2ccccc2)cc1)[C@H](O)CN(CC1CCCC1)[SH+](=O)c1ccc2c(c1)OCO2)O[C@H]1COC2OCCC21. The first-order valence-corrected chi connectivity index (χ1v) is 18.5.